The van der Waals surface area contributed by atoms with Crippen molar-refractivity contribution < 1.29 is 14.3 Å². The second kappa shape index (κ2) is 6.38. The number of amides is 2. The molecule has 0 aliphatic carbocycles. The van der Waals surface area contributed by atoms with Crippen molar-refractivity contribution >= 4 is 29.0 Å². The molecule has 0 radical (unpaired) electrons. The molecule has 0 aliphatic rings. The van der Waals surface area contributed by atoms with E-state index >= 15 is 0 Å². The third kappa shape index (κ3) is 5.13. The van der Waals surface area contributed by atoms with E-state index in [1.165, 1.54) is 11.3 Å². The number of nitrogens with one attached hydrogen (secondary N) is 2. The highest BCUT2D eigenvalue weighted by Gasteiger charge is 2.19. The van der Waals surface area contributed by atoms with Gasteiger partial charge in [-0.3, -0.25) is 10.1 Å². The third-order valence-electron chi connectivity index (χ3n) is 1.95. The first-order chi connectivity index (χ1) is 8.83. The van der Waals surface area contributed by atoms with Crippen molar-refractivity contribution in [3.8, 4) is 0 Å². The van der Waals surface area contributed by atoms with Gasteiger partial charge in [-0.2, -0.15) is 0 Å². The van der Waals surface area contributed by atoms with Crippen LogP contribution in [0.15, 0.2) is 23.4 Å². The summed E-state index contributed by atoms with van der Waals surface area (Å²) in [6.45, 7) is 9.23. The van der Waals surface area contributed by atoms with Crippen LogP contribution in [0.4, 0.5) is 10.5 Å². The molecule has 19 heavy (non-hydrogen) atoms. The van der Waals surface area contributed by atoms with E-state index in [-0.39, 0.29) is 5.91 Å². The van der Waals surface area contributed by atoms with E-state index in [2.05, 4.69) is 17.2 Å². The molecule has 0 unspecified atom stereocenters. The number of hydrogen-bond donors (Lipinski definition) is 2. The van der Waals surface area contributed by atoms with Crippen molar-refractivity contribution in [2.24, 2.45) is 0 Å². The van der Waals surface area contributed by atoms with Gasteiger partial charge in [0, 0.05) is 17.3 Å². The monoisotopic (exact) mass is 282 g/mol. The van der Waals surface area contributed by atoms with Crippen LogP contribution < -0.4 is 10.6 Å². The quantitative estimate of drug-likeness (QED) is 0.834. The first-order valence-corrected chi connectivity index (χ1v) is 6.73. The minimum Gasteiger partial charge on any atom is -0.444 e. The van der Waals surface area contributed by atoms with Gasteiger partial charge < -0.3 is 10.1 Å². The topological polar surface area (TPSA) is 67.4 Å². The van der Waals surface area contributed by atoms with Crippen LogP contribution in [0.1, 0.15) is 31.1 Å². The molecule has 1 aromatic rings. The second-order valence-electron chi connectivity index (χ2n) is 4.82. The van der Waals surface area contributed by atoms with Gasteiger partial charge in [0.05, 0.1) is 11.3 Å². The molecule has 1 rings (SSSR count). The highest BCUT2D eigenvalue weighted by Crippen LogP contribution is 2.21. The average Bonchev–Trinajstić information content (AvgIpc) is 2.71. The van der Waals surface area contributed by atoms with Crippen LogP contribution in [0, 0.1) is 0 Å². The Balaban J connectivity index is 2.70. The zero-order valence-electron chi connectivity index (χ0n) is 11.3. The van der Waals surface area contributed by atoms with Crippen molar-refractivity contribution in [1.29, 1.82) is 0 Å². The molecule has 0 spiro atoms. The molecule has 0 bridgehead atoms. The van der Waals surface area contributed by atoms with Gasteiger partial charge in [-0.15, -0.1) is 17.9 Å². The van der Waals surface area contributed by atoms with Gasteiger partial charge >= 0.3 is 6.09 Å². The molecule has 0 aromatic carbocycles. The number of hydrogen-bond acceptors (Lipinski definition) is 4. The number of thiophene rings is 1. The number of carbonyl (C=O) groups excluding carboxylic acids is 2. The minimum atomic E-state index is -0.580. The van der Waals surface area contributed by atoms with Crippen LogP contribution in [0.5, 0.6) is 0 Å². The lowest BCUT2D eigenvalue weighted by Crippen LogP contribution is -2.28. The summed E-state index contributed by atoms with van der Waals surface area (Å²) in [5.41, 5.74) is 0.282. The number of carbonyl (C=O) groups is 2. The van der Waals surface area contributed by atoms with E-state index in [0.29, 0.717) is 17.8 Å². The molecule has 0 aliphatic heterocycles. The van der Waals surface area contributed by atoms with Crippen LogP contribution in [0.2, 0.25) is 0 Å². The summed E-state index contributed by atoms with van der Waals surface area (Å²) in [6.07, 6.45) is 1.01. The van der Waals surface area contributed by atoms with Crippen molar-refractivity contribution in [3.63, 3.8) is 0 Å². The Morgan fingerprint density at radius 2 is 2.11 bits per heavy atom. The second-order valence-corrected chi connectivity index (χ2v) is 5.57. The lowest BCUT2D eigenvalue weighted by atomic mass is 10.2. The lowest BCUT2D eigenvalue weighted by Gasteiger charge is -2.19. The van der Waals surface area contributed by atoms with Crippen molar-refractivity contribution in [2.45, 2.75) is 26.4 Å². The van der Waals surface area contributed by atoms with E-state index < -0.39 is 11.7 Å². The summed E-state index contributed by atoms with van der Waals surface area (Å²) in [4.78, 5) is 23.4. The largest absolute Gasteiger partial charge is 0.444 e. The normalized spacial score (nSPS) is 10.7. The van der Waals surface area contributed by atoms with Gasteiger partial charge in [0.1, 0.15) is 5.60 Å². The van der Waals surface area contributed by atoms with Gasteiger partial charge in [-0.05, 0) is 20.8 Å². The first kappa shape index (κ1) is 15.2. The number of rotatable bonds is 4. The first-order valence-electron chi connectivity index (χ1n) is 5.79. The molecule has 0 saturated carbocycles. The average molecular weight is 282 g/mol. The summed E-state index contributed by atoms with van der Waals surface area (Å²) >= 11 is 1.33. The van der Waals surface area contributed by atoms with Crippen LogP contribution in [0.25, 0.3) is 0 Å². The summed E-state index contributed by atoms with van der Waals surface area (Å²) in [7, 11) is 0. The predicted molar refractivity (Wildman–Crippen MR) is 76.7 cm³/mol. The fraction of sp³-hybridized carbons (Fsp3) is 0.385. The Kier molecular flexibility index (Phi) is 5.11. The zero-order chi connectivity index (χ0) is 14.5. The van der Waals surface area contributed by atoms with Crippen LogP contribution >= 0.6 is 11.3 Å². The standard InChI is InChI=1S/C13H18N2O3S/c1-5-6-14-11(16)9-7-19-8-10(9)15-12(17)18-13(2,3)4/h5,7-8H,1,6H2,2-4H3,(H,14,16)(H,15,17). The summed E-state index contributed by atoms with van der Waals surface area (Å²) in [6, 6.07) is 0. The van der Waals surface area contributed by atoms with Crippen molar-refractivity contribution in [2.75, 3.05) is 11.9 Å². The fourth-order valence-electron chi connectivity index (χ4n) is 1.24. The van der Waals surface area contributed by atoms with Crippen LogP contribution in [0.3, 0.4) is 0 Å². The molecule has 0 saturated heterocycles. The Morgan fingerprint density at radius 3 is 2.68 bits per heavy atom. The maximum absolute atomic E-state index is 11.8. The van der Waals surface area contributed by atoms with E-state index in [0.717, 1.165) is 0 Å². The van der Waals surface area contributed by atoms with Crippen molar-refractivity contribution in [1.82, 2.24) is 5.32 Å². The van der Waals surface area contributed by atoms with E-state index in [1.807, 2.05) is 0 Å². The SMILES string of the molecule is C=CCNC(=O)c1cscc1NC(=O)OC(C)(C)C. The summed E-state index contributed by atoms with van der Waals surface area (Å²) in [5, 5.41) is 8.58. The molecule has 1 aromatic heterocycles. The molecule has 0 atom stereocenters. The highest BCUT2D eigenvalue weighted by molar-refractivity contribution is 7.08. The van der Waals surface area contributed by atoms with Gasteiger partial charge in [0.2, 0.25) is 0 Å². The molecule has 6 heteroatoms. The lowest BCUT2D eigenvalue weighted by molar-refractivity contribution is 0.0636. The predicted octanol–water partition coefficient (Wildman–Crippen LogP) is 3.01. The highest BCUT2D eigenvalue weighted by atomic mass is 32.1. The number of anilines is 1. The van der Waals surface area contributed by atoms with E-state index in [1.54, 1.807) is 37.6 Å². The molecule has 2 amide bonds. The Hall–Kier alpha value is -1.82. The molecule has 5 nitrogen and oxygen atoms in total. The Bertz CT molecular complexity index is 474. The maximum atomic E-state index is 11.8. The van der Waals surface area contributed by atoms with Crippen LogP contribution in [-0.2, 0) is 4.74 Å². The van der Waals surface area contributed by atoms with Gasteiger partial charge in [0.25, 0.3) is 5.91 Å². The smallest absolute Gasteiger partial charge is 0.412 e. The van der Waals surface area contributed by atoms with Gasteiger partial charge in [-0.1, -0.05) is 6.08 Å². The van der Waals surface area contributed by atoms with Gasteiger partial charge in [-0.25, -0.2) is 4.79 Å². The molecule has 104 valence electrons. The Labute approximate surface area is 116 Å². The molecular weight excluding hydrogens is 264 g/mol. The molecular formula is C13H18N2O3S. The minimum absolute atomic E-state index is 0.257. The summed E-state index contributed by atoms with van der Waals surface area (Å²) < 4.78 is 5.13. The fourth-order valence-corrected chi connectivity index (χ4v) is 2.00. The van der Waals surface area contributed by atoms with E-state index in [4.69, 9.17) is 4.74 Å². The maximum Gasteiger partial charge on any atom is 0.412 e. The Morgan fingerprint density at radius 1 is 1.42 bits per heavy atom. The molecule has 0 fully saturated rings. The van der Waals surface area contributed by atoms with Gasteiger partial charge in [0.15, 0.2) is 0 Å². The van der Waals surface area contributed by atoms with Crippen molar-refractivity contribution in [3.05, 3.63) is 29.0 Å². The van der Waals surface area contributed by atoms with Crippen LogP contribution in [-0.4, -0.2) is 24.1 Å². The zero-order valence-corrected chi connectivity index (χ0v) is 12.1. The van der Waals surface area contributed by atoms with E-state index in [9.17, 15) is 9.59 Å². The molecule has 2 N–H and O–H groups in total. The summed E-state index contributed by atoms with van der Waals surface area (Å²) in [5.74, 6) is -0.257. The molecule has 1 heterocycles. The number of ether oxygens (including phenoxy) is 1. The third-order valence-corrected chi connectivity index (χ3v) is 2.69.